The Morgan fingerprint density at radius 2 is 1.59 bits per heavy atom. The summed E-state index contributed by atoms with van der Waals surface area (Å²) in [7, 11) is 0. The number of aliphatic hydroxyl groups is 2. The Bertz CT molecular complexity index is 703. The first-order chi connectivity index (χ1) is 16.2. The van der Waals surface area contributed by atoms with E-state index in [1.165, 1.54) is 51.4 Å². The molecule has 4 aliphatic carbocycles. The van der Waals surface area contributed by atoms with Gasteiger partial charge in [-0.2, -0.15) is 0 Å². The molecule has 196 valence electrons. The highest BCUT2D eigenvalue weighted by Gasteiger charge is 2.61. The summed E-state index contributed by atoms with van der Waals surface area (Å²) in [6, 6.07) is 0. The zero-order valence-electron chi connectivity index (χ0n) is 22.7. The number of hydrogen-bond acceptors (Lipinski definition) is 3. The highest BCUT2D eigenvalue weighted by molar-refractivity contribution is 5.10. The third kappa shape index (κ3) is 4.32. The van der Waals surface area contributed by atoms with Gasteiger partial charge in [-0.3, -0.25) is 0 Å². The van der Waals surface area contributed by atoms with Gasteiger partial charge in [0.25, 0.3) is 0 Å². The molecule has 5 fully saturated rings. The van der Waals surface area contributed by atoms with Crippen molar-refractivity contribution in [3.8, 4) is 0 Å². The van der Waals surface area contributed by atoms with Crippen molar-refractivity contribution in [2.45, 2.75) is 129 Å². The van der Waals surface area contributed by atoms with Crippen LogP contribution in [0.5, 0.6) is 0 Å². The minimum Gasteiger partial charge on any atom is -0.393 e. The summed E-state index contributed by atoms with van der Waals surface area (Å²) in [5.74, 6) is 5.46. The van der Waals surface area contributed by atoms with Crippen LogP contribution in [0.3, 0.4) is 0 Å². The molecule has 2 N–H and O–H groups in total. The predicted octanol–water partition coefficient (Wildman–Crippen LogP) is 6.99. The minimum absolute atomic E-state index is 0.129. The first kappa shape index (κ1) is 25.5. The van der Waals surface area contributed by atoms with E-state index in [-0.39, 0.29) is 11.7 Å². The van der Waals surface area contributed by atoms with Crippen molar-refractivity contribution in [1.82, 2.24) is 0 Å². The maximum Gasteiger partial charge on any atom is 0.0648 e. The molecule has 0 amide bonds. The standard InChI is InChI=1S/C31H54O3/c1-5-31(33)17-16-29(3)23(20-31)7-8-24-26-10-9-25(30(26,4)15-12-27(24)29)21(2)6-11-28(32)22-13-18-34-19-14-22/h21-28,32-33H,5-20H2,1-4H3/t21-,23+,24+,25-,26+,27+,28-,29+,30-,31+/m1/s1. The monoisotopic (exact) mass is 474 g/mol. The Morgan fingerprint density at radius 3 is 2.32 bits per heavy atom. The number of fused-ring (bicyclic) bond motifs is 5. The Hall–Kier alpha value is -0.120. The van der Waals surface area contributed by atoms with Gasteiger partial charge in [-0.1, -0.05) is 27.7 Å². The fraction of sp³-hybridized carbons (Fsp3) is 1.00. The lowest BCUT2D eigenvalue weighted by atomic mass is 9.43. The smallest absolute Gasteiger partial charge is 0.0648 e. The molecule has 1 saturated heterocycles. The summed E-state index contributed by atoms with van der Waals surface area (Å²) in [4.78, 5) is 0. The molecular weight excluding hydrogens is 420 g/mol. The van der Waals surface area contributed by atoms with Crippen molar-refractivity contribution in [2.75, 3.05) is 13.2 Å². The van der Waals surface area contributed by atoms with Crippen LogP contribution in [0.25, 0.3) is 0 Å². The minimum atomic E-state index is -0.386. The van der Waals surface area contributed by atoms with Crippen molar-refractivity contribution in [2.24, 2.45) is 52.3 Å². The lowest BCUT2D eigenvalue weighted by molar-refractivity contribution is -0.152. The van der Waals surface area contributed by atoms with Gasteiger partial charge in [0.2, 0.25) is 0 Å². The van der Waals surface area contributed by atoms with Gasteiger partial charge in [-0.15, -0.1) is 0 Å². The number of aliphatic hydroxyl groups excluding tert-OH is 1. The highest BCUT2D eigenvalue weighted by atomic mass is 16.5. The maximum atomic E-state index is 11.1. The van der Waals surface area contributed by atoms with Crippen LogP contribution in [-0.2, 0) is 4.74 Å². The molecule has 10 atom stereocenters. The molecule has 1 heterocycles. The molecule has 0 bridgehead atoms. The third-order valence-electron chi connectivity index (χ3n) is 13.0. The van der Waals surface area contributed by atoms with Gasteiger partial charge in [0.1, 0.15) is 0 Å². The first-order valence-corrected chi connectivity index (χ1v) is 15.2. The molecule has 3 nitrogen and oxygen atoms in total. The van der Waals surface area contributed by atoms with Crippen LogP contribution < -0.4 is 0 Å². The number of hydrogen-bond donors (Lipinski definition) is 2. The van der Waals surface area contributed by atoms with E-state index >= 15 is 0 Å². The Morgan fingerprint density at radius 1 is 0.853 bits per heavy atom. The Kier molecular flexibility index (Phi) is 7.24. The summed E-state index contributed by atoms with van der Waals surface area (Å²) < 4.78 is 5.50. The molecule has 0 aromatic heterocycles. The Balaban J connectivity index is 1.23. The van der Waals surface area contributed by atoms with E-state index in [2.05, 4.69) is 27.7 Å². The summed E-state index contributed by atoms with van der Waals surface area (Å²) >= 11 is 0. The van der Waals surface area contributed by atoms with Crippen molar-refractivity contribution < 1.29 is 14.9 Å². The van der Waals surface area contributed by atoms with Gasteiger partial charge in [0.05, 0.1) is 11.7 Å². The van der Waals surface area contributed by atoms with Crippen LogP contribution >= 0.6 is 0 Å². The van der Waals surface area contributed by atoms with Crippen molar-refractivity contribution >= 4 is 0 Å². The zero-order chi connectivity index (χ0) is 24.1. The second-order valence-electron chi connectivity index (χ2n) is 14.2. The van der Waals surface area contributed by atoms with Crippen LogP contribution in [-0.4, -0.2) is 35.1 Å². The molecule has 5 aliphatic rings. The van der Waals surface area contributed by atoms with E-state index in [1.54, 1.807) is 0 Å². The van der Waals surface area contributed by atoms with Gasteiger partial charge < -0.3 is 14.9 Å². The summed E-state index contributed by atoms with van der Waals surface area (Å²) in [6.45, 7) is 11.6. The van der Waals surface area contributed by atoms with E-state index in [0.29, 0.717) is 16.7 Å². The van der Waals surface area contributed by atoms with E-state index in [4.69, 9.17) is 4.74 Å². The fourth-order valence-electron chi connectivity index (χ4n) is 10.6. The molecule has 0 aromatic carbocycles. The third-order valence-corrected chi connectivity index (χ3v) is 13.0. The first-order valence-electron chi connectivity index (χ1n) is 15.2. The van der Waals surface area contributed by atoms with Crippen LogP contribution in [0.2, 0.25) is 0 Å². The molecule has 5 rings (SSSR count). The largest absolute Gasteiger partial charge is 0.393 e. The van der Waals surface area contributed by atoms with Crippen molar-refractivity contribution in [3.05, 3.63) is 0 Å². The zero-order valence-corrected chi connectivity index (χ0v) is 22.7. The quantitative estimate of drug-likeness (QED) is 0.436. The average Bonchev–Trinajstić information content (AvgIpc) is 3.20. The molecule has 0 spiro atoms. The summed E-state index contributed by atoms with van der Waals surface area (Å²) in [6.07, 6.45) is 16.8. The lowest BCUT2D eigenvalue weighted by Gasteiger charge is -2.62. The van der Waals surface area contributed by atoms with E-state index < -0.39 is 0 Å². The van der Waals surface area contributed by atoms with Crippen LogP contribution in [0, 0.1) is 52.3 Å². The lowest BCUT2D eigenvalue weighted by Crippen LogP contribution is -2.56. The molecular formula is C31H54O3. The van der Waals surface area contributed by atoms with Crippen LogP contribution in [0.15, 0.2) is 0 Å². The molecule has 0 unspecified atom stereocenters. The van der Waals surface area contributed by atoms with Gasteiger partial charge >= 0.3 is 0 Å². The van der Waals surface area contributed by atoms with Crippen LogP contribution in [0.1, 0.15) is 118 Å². The van der Waals surface area contributed by atoms with Crippen molar-refractivity contribution in [3.63, 3.8) is 0 Å². The second kappa shape index (κ2) is 9.64. The molecule has 3 heteroatoms. The maximum absolute atomic E-state index is 11.1. The highest BCUT2D eigenvalue weighted by Crippen LogP contribution is 2.69. The van der Waals surface area contributed by atoms with Gasteiger partial charge in [-0.25, -0.2) is 0 Å². The Labute approximate surface area is 209 Å². The molecule has 1 aliphatic heterocycles. The summed E-state index contributed by atoms with van der Waals surface area (Å²) in [5.41, 5.74) is 0.582. The molecule has 34 heavy (non-hydrogen) atoms. The molecule has 4 saturated carbocycles. The average molecular weight is 475 g/mol. The van der Waals surface area contributed by atoms with E-state index in [1.807, 2.05) is 0 Å². The van der Waals surface area contributed by atoms with E-state index in [0.717, 1.165) is 87.2 Å². The van der Waals surface area contributed by atoms with Gasteiger partial charge in [0, 0.05) is 13.2 Å². The predicted molar refractivity (Wildman–Crippen MR) is 138 cm³/mol. The number of ether oxygens (including phenoxy) is 1. The molecule has 0 radical (unpaired) electrons. The molecule has 0 aromatic rings. The second-order valence-corrected chi connectivity index (χ2v) is 14.2. The van der Waals surface area contributed by atoms with Crippen molar-refractivity contribution in [1.29, 1.82) is 0 Å². The summed E-state index contributed by atoms with van der Waals surface area (Å²) in [5, 5.41) is 21.9. The SMILES string of the molecule is CC[C@]1(O)CC[C@@]2(C)[C@@H](CC[C@@H]3[C@@H]2CC[C@]2(C)[C@@H]([C@H](C)CC[C@@H](O)C4CCOCC4)CC[C@@H]32)C1. The fourth-order valence-corrected chi connectivity index (χ4v) is 10.6. The number of rotatable bonds is 6. The van der Waals surface area contributed by atoms with Gasteiger partial charge in [-0.05, 0) is 142 Å². The van der Waals surface area contributed by atoms with Crippen LogP contribution in [0.4, 0.5) is 0 Å². The van der Waals surface area contributed by atoms with Gasteiger partial charge in [0.15, 0.2) is 0 Å². The van der Waals surface area contributed by atoms with E-state index in [9.17, 15) is 10.2 Å². The normalized spacial score (nSPS) is 49.1. The topological polar surface area (TPSA) is 49.7 Å².